The van der Waals surface area contributed by atoms with E-state index in [0.29, 0.717) is 12.0 Å². The van der Waals surface area contributed by atoms with E-state index >= 15 is 0 Å². The van der Waals surface area contributed by atoms with Crippen LogP contribution < -0.4 is 10.2 Å². The zero-order valence-corrected chi connectivity index (χ0v) is 17.3. The normalized spacial score (nSPS) is 16.5. The topological polar surface area (TPSA) is 114 Å². The largest absolute Gasteiger partial charge is 0.500 e. The maximum Gasteiger partial charge on any atom is 0.315 e. The van der Waals surface area contributed by atoms with E-state index in [2.05, 4.69) is 10.5 Å². The summed E-state index contributed by atoms with van der Waals surface area (Å²) in [5, 5.41) is 25.0. The Labute approximate surface area is 184 Å². The van der Waals surface area contributed by atoms with Crippen LogP contribution in [-0.2, 0) is 10.2 Å². The van der Waals surface area contributed by atoms with Gasteiger partial charge in [0.15, 0.2) is 5.75 Å². The second-order valence-corrected chi connectivity index (χ2v) is 7.54. The standard InChI is InChI=1S/C24H21N3O5/c1-32-21-13-16(12-20(22(21)28)27(30)31)15-25-26-23(29)19-14-24(19,17-8-4-2-5-9-17)18-10-6-3-7-11-18/h2-13,15,19,28H,14H2,1H3,(H,26,29)/b25-15-/t19-/m0/s1. The van der Waals surface area contributed by atoms with E-state index in [1.165, 1.54) is 19.4 Å². The van der Waals surface area contributed by atoms with E-state index in [1.807, 2.05) is 60.7 Å². The molecule has 2 N–H and O–H groups in total. The van der Waals surface area contributed by atoms with Gasteiger partial charge in [-0.1, -0.05) is 60.7 Å². The van der Waals surface area contributed by atoms with Gasteiger partial charge in [0.1, 0.15) is 0 Å². The number of nitro groups is 1. The van der Waals surface area contributed by atoms with Crippen LogP contribution in [0.2, 0.25) is 0 Å². The molecule has 0 saturated heterocycles. The first-order valence-electron chi connectivity index (χ1n) is 9.96. The molecule has 0 unspecified atom stereocenters. The van der Waals surface area contributed by atoms with E-state index in [1.54, 1.807) is 0 Å². The van der Waals surface area contributed by atoms with Crippen LogP contribution in [0.1, 0.15) is 23.1 Å². The third-order valence-electron chi connectivity index (χ3n) is 5.74. The highest BCUT2D eigenvalue weighted by Gasteiger charge is 2.60. The monoisotopic (exact) mass is 431 g/mol. The predicted molar refractivity (Wildman–Crippen MR) is 119 cm³/mol. The Balaban J connectivity index is 1.55. The van der Waals surface area contributed by atoms with Crippen molar-refractivity contribution in [1.82, 2.24) is 5.43 Å². The van der Waals surface area contributed by atoms with Gasteiger partial charge in [-0.25, -0.2) is 5.43 Å². The Morgan fingerprint density at radius 1 is 1.16 bits per heavy atom. The molecule has 0 aliphatic heterocycles. The van der Waals surface area contributed by atoms with Crippen LogP contribution in [-0.4, -0.2) is 29.3 Å². The summed E-state index contributed by atoms with van der Waals surface area (Å²) in [5.41, 5.74) is 4.06. The predicted octanol–water partition coefficient (Wildman–Crippen LogP) is 3.77. The Kier molecular flexibility index (Phi) is 5.59. The number of amides is 1. The second-order valence-electron chi connectivity index (χ2n) is 7.54. The summed E-state index contributed by atoms with van der Waals surface area (Å²) in [6, 6.07) is 22.3. The van der Waals surface area contributed by atoms with Crippen molar-refractivity contribution in [1.29, 1.82) is 0 Å². The number of phenolic OH excluding ortho intramolecular Hbond substituents is 1. The Bertz CT molecular complexity index is 1140. The molecule has 0 aromatic heterocycles. The third kappa shape index (κ3) is 3.78. The lowest BCUT2D eigenvalue weighted by Gasteiger charge is -2.18. The van der Waals surface area contributed by atoms with E-state index in [0.717, 1.165) is 17.2 Å². The minimum absolute atomic E-state index is 0.0543. The summed E-state index contributed by atoms with van der Waals surface area (Å²) in [6.45, 7) is 0. The van der Waals surface area contributed by atoms with Gasteiger partial charge in [-0.3, -0.25) is 14.9 Å². The number of phenols is 1. The van der Waals surface area contributed by atoms with Crippen LogP contribution in [0.5, 0.6) is 11.5 Å². The number of benzene rings is 3. The lowest BCUT2D eigenvalue weighted by molar-refractivity contribution is -0.386. The lowest BCUT2D eigenvalue weighted by Crippen LogP contribution is -2.25. The highest BCUT2D eigenvalue weighted by molar-refractivity contribution is 5.88. The van der Waals surface area contributed by atoms with Gasteiger partial charge in [0, 0.05) is 17.0 Å². The molecule has 0 radical (unpaired) electrons. The molecule has 3 aromatic rings. The lowest BCUT2D eigenvalue weighted by atomic mass is 9.85. The number of nitrogens with zero attached hydrogens (tertiary/aromatic N) is 2. The molecule has 0 heterocycles. The Hall–Kier alpha value is -4.20. The van der Waals surface area contributed by atoms with E-state index in [-0.39, 0.29) is 17.6 Å². The molecule has 1 aliphatic carbocycles. The van der Waals surface area contributed by atoms with Gasteiger partial charge in [-0.15, -0.1) is 0 Å². The van der Waals surface area contributed by atoms with Gasteiger partial charge in [0.05, 0.1) is 24.2 Å². The second kappa shape index (κ2) is 8.50. The Morgan fingerprint density at radius 3 is 2.28 bits per heavy atom. The van der Waals surface area contributed by atoms with Gasteiger partial charge in [-0.05, 0) is 23.6 Å². The number of nitrogens with one attached hydrogen (secondary N) is 1. The molecule has 1 fully saturated rings. The minimum Gasteiger partial charge on any atom is -0.500 e. The van der Waals surface area contributed by atoms with Crippen molar-refractivity contribution in [2.24, 2.45) is 11.0 Å². The molecule has 1 amide bonds. The molecule has 3 aromatic carbocycles. The molecule has 1 atom stereocenters. The van der Waals surface area contributed by atoms with Crippen molar-refractivity contribution < 1.29 is 19.6 Å². The summed E-state index contributed by atoms with van der Waals surface area (Å²) >= 11 is 0. The van der Waals surface area contributed by atoms with Crippen molar-refractivity contribution >= 4 is 17.8 Å². The number of ether oxygens (including phenoxy) is 1. The molecule has 0 bridgehead atoms. The highest BCUT2D eigenvalue weighted by Crippen LogP contribution is 2.58. The van der Waals surface area contributed by atoms with Crippen molar-refractivity contribution in [3.63, 3.8) is 0 Å². The number of rotatable bonds is 7. The maximum atomic E-state index is 12.9. The molecule has 8 nitrogen and oxygen atoms in total. The van der Waals surface area contributed by atoms with Crippen molar-refractivity contribution in [2.75, 3.05) is 7.11 Å². The van der Waals surface area contributed by atoms with E-state index in [4.69, 9.17) is 4.74 Å². The first-order chi connectivity index (χ1) is 15.5. The van der Waals surface area contributed by atoms with Gasteiger partial charge in [0.2, 0.25) is 11.7 Å². The SMILES string of the molecule is COc1cc(/C=N\NC(=O)[C@@H]2CC2(c2ccccc2)c2ccccc2)cc([N+](=O)[O-])c1O. The van der Waals surface area contributed by atoms with Crippen LogP contribution in [0, 0.1) is 16.0 Å². The summed E-state index contributed by atoms with van der Waals surface area (Å²) < 4.78 is 4.97. The minimum atomic E-state index is -0.716. The molecule has 32 heavy (non-hydrogen) atoms. The number of hydrogen-bond donors (Lipinski definition) is 2. The maximum absolute atomic E-state index is 12.9. The first kappa shape index (κ1) is 21.0. The van der Waals surface area contributed by atoms with Gasteiger partial charge < -0.3 is 9.84 Å². The van der Waals surface area contributed by atoms with E-state index < -0.39 is 21.8 Å². The van der Waals surface area contributed by atoms with Gasteiger partial charge >= 0.3 is 5.69 Å². The molecular weight excluding hydrogens is 410 g/mol. The number of methoxy groups -OCH3 is 1. The summed E-state index contributed by atoms with van der Waals surface area (Å²) in [7, 11) is 1.29. The van der Waals surface area contributed by atoms with Crippen molar-refractivity contribution in [3.8, 4) is 11.5 Å². The molecule has 1 aliphatic rings. The highest BCUT2D eigenvalue weighted by atomic mass is 16.6. The molecule has 8 heteroatoms. The Morgan fingerprint density at radius 2 is 1.75 bits per heavy atom. The molecule has 4 rings (SSSR count). The van der Waals surface area contributed by atoms with Crippen molar-refractivity contribution in [2.45, 2.75) is 11.8 Å². The average molecular weight is 431 g/mol. The van der Waals surface area contributed by atoms with Gasteiger partial charge in [-0.2, -0.15) is 5.10 Å². The van der Waals surface area contributed by atoms with Crippen LogP contribution >= 0.6 is 0 Å². The zero-order chi connectivity index (χ0) is 22.7. The molecule has 1 saturated carbocycles. The van der Waals surface area contributed by atoms with E-state index in [9.17, 15) is 20.0 Å². The van der Waals surface area contributed by atoms with Crippen molar-refractivity contribution in [3.05, 3.63) is 99.6 Å². The summed E-state index contributed by atoms with van der Waals surface area (Å²) in [5.74, 6) is -1.16. The molecular formula is C24H21N3O5. The third-order valence-corrected chi connectivity index (χ3v) is 5.74. The summed E-state index contributed by atoms with van der Waals surface area (Å²) in [4.78, 5) is 23.3. The average Bonchev–Trinajstić information content (AvgIpc) is 3.58. The number of hydrogen-bond acceptors (Lipinski definition) is 6. The fraction of sp³-hybridized carbons (Fsp3) is 0.167. The smallest absolute Gasteiger partial charge is 0.315 e. The zero-order valence-electron chi connectivity index (χ0n) is 17.3. The number of nitro benzene ring substituents is 1. The number of aromatic hydroxyl groups is 1. The first-order valence-corrected chi connectivity index (χ1v) is 9.96. The molecule has 0 spiro atoms. The fourth-order valence-corrected chi connectivity index (χ4v) is 4.09. The van der Waals surface area contributed by atoms with Gasteiger partial charge in [0.25, 0.3) is 0 Å². The quantitative estimate of drug-likeness (QED) is 0.336. The van der Waals surface area contributed by atoms with Crippen LogP contribution in [0.15, 0.2) is 77.9 Å². The number of hydrazone groups is 1. The van der Waals surface area contributed by atoms with Crippen LogP contribution in [0.4, 0.5) is 5.69 Å². The van der Waals surface area contributed by atoms with Crippen LogP contribution in [0.25, 0.3) is 0 Å². The van der Waals surface area contributed by atoms with Crippen LogP contribution in [0.3, 0.4) is 0 Å². The molecule has 162 valence electrons. The number of carbonyl (C=O) groups is 1. The summed E-state index contributed by atoms with van der Waals surface area (Å²) in [6.07, 6.45) is 1.93. The fourth-order valence-electron chi connectivity index (χ4n) is 4.09. The number of carbonyl (C=O) groups excluding carboxylic acids is 1.